The monoisotopic (exact) mass is 688 g/mol. The zero-order valence-electron chi connectivity index (χ0n) is 29.3. The lowest BCUT2D eigenvalue weighted by Gasteiger charge is -2.40. The standard InChI is InChI=1S/C51H32N2O/c1-2-15-35(16-3-1)50-52-46-27-12-8-21-41(46)48(53-50)34-31-29-33(30-32-34)36-17-4-5-18-37(36)40-22-14-26-45-49(40)54-47-28-13-11-25-44(47)51(45)42-23-9-6-19-38(42)39-20-7-10-24-43(39)51/h1-32H. The number of rotatable bonds is 4. The van der Waals surface area contributed by atoms with E-state index in [4.69, 9.17) is 14.7 Å². The summed E-state index contributed by atoms with van der Waals surface area (Å²) < 4.78 is 7.02. The summed E-state index contributed by atoms with van der Waals surface area (Å²) in [6, 6.07) is 68.9. The van der Waals surface area contributed by atoms with Gasteiger partial charge in [-0.25, -0.2) is 9.97 Å². The van der Waals surface area contributed by atoms with Gasteiger partial charge in [-0.15, -0.1) is 0 Å². The van der Waals surface area contributed by atoms with E-state index in [2.05, 4.69) is 170 Å². The lowest BCUT2D eigenvalue weighted by molar-refractivity contribution is 0.438. The summed E-state index contributed by atoms with van der Waals surface area (Å²) in [6.45, 7) is 0. The highest BCUT2D eigenvalue weighted by molar-refractivity contribution is 5.95. The smallest absolute Gasteiger partial charge is 0.160 e. The Kier molecular flexibility index (Phi) is 6.77. The van der Waals surface area contributed by atoms with Crippen LogP contribution in [0.15, 0.2) is 194 Å². The van der Waals surface area contributed by atoms with E-state index in [1.807, 2.05) is 24.3 Å². The highest BCUT2D eigenvalue weighted by Gasteiger charge is 2.51. The Morgan fingerprint density at radius 3 is 1.67 bits per heavy atom. The van der Waals surface area contributed by atoms with E-state index in [9.17, 15) is 0 Å². The van der Waals surface area contributed by atoms with Crippen molar-refractivity contribution < 1.29 is 4.74 Å². The molecule has 252 valence electrons. The maximum atomic E-state index is 7.02. The molecule has 11 rings (SSSR count). The van der Waals surface area contributed by atoms with Crippen LogP contribution in [0.4, 0.5) is 0 Å². The molecule has 0 saturated heterocycles. The Balaban J connectivity index is 1.07. The molecule has 0 saturated carbocycles. The van der Waals surface area contributed by atoms with E-state index < -0.39 is 5.41 Å². The molecule has 1 aromatic heterocycles. The third kappa shape index (κ3) is 4.42. The fourth-order valence-corrected chi connectivity index (χ4v) is 8.88. The minimum absolute atomic E-state index is 0.511. The van der Waals surface area contributed by atoms with Gasteiger partial charge < -0.3 is 4.74 Å². The van der Waals surface area contributed by atoms with Crippen molar-refractivity contribution in [3.63, 3.8) is 0 Å². The van der Waals surface area contributed by atoms with Crippen molar-refractivity contribution in [2.24, 2.45) is 0 Å². The van der Waals surface area contributed by atoms with Crippen molar-refractivity contribution >= 4 is 10.9 Å². The number of ether oxygens (including phenoxy) is 1. The Labute approximate surface area is 313 Å². The molecule has 1 aliphatic heterocycles. The van der Waals surface area contributed by atoms with Crippen LogP contribution in [-0.4, -0.2) is 9.97 Å². The second-order valence-corrected chi connectivity index (χ2v) is 14.0. The van der Waals surface area contributed by atoms with E-state index in [0.29, 0.717) is 0 Å². The number of para-hydroxylation sites is 3. The summed E-state index contributed by atoms with van der Waals surface area (Å²) in [5.41, 5.74) is 15.3. The van der Waals surface area contributed by atoms with Crippen molar-refractivity contribution in [1.82, 2.24) is 9.97 Å². The van der Waals surface area contributed by atoms with Crippen LogP contribution in [0.25, 0.3) is 66.9 Å². The molecule has 2 aliphatic rings. The van der Waals surface area contributed by atoms with Gasteiger partial charge in [0, 0.05) is 33.2 Å². The van der Waals surface area contributed by atoms with Crippen LogP contribution in [0, 0.1) is 0 Å². The Hall–Kier alpha value is -7.10. The second kappa shape index (κ2) is 12.0. The highest BCUT2D eigenvalue weighted by atomic mass is 16.5. The number of nitrogens with zero attached hydrogens (tertiary/aromatic N) is 2. The van der Waals surface area contributed by atoms with E-state index in [0.717, 1.165) is 72.9 Å². The predicted octanol–water partition coefficient (Wildman–Crippen LogP) is 12.8. The van der Waals surface area contributed by atoms with Crippen molar-refractivity contribution in [2.45, 2.75) is 5.41 Å². The Morgan fingerprint density at radius 2 is 0.907 bits per heavy atom. The first kappa shape index (κ1) is 30.5. The summed E-state index contributed by atoms with van der Waals surface area (Å²) >= 11 is 0. The predicted molar refractivity (Wildman–Crippen MR) is 219 cm³/mol. The van der Waals surface area contributed by atoms with Crippen LogP contribution >= 0.6 is 0 Å². The molecular formula is C51H32N2O. The van der Waals surface area contributed by atoms with Gasteiger partial charge in [-0.2, -0.15) is 0 Å². The summed E-state index contributed by atoms with van der Waals surface area (Å²) in [7, 11) is 0. The van der Waals surface area contributed by atoms with Gasteiger partial charge in [-0.05, 0) is 51.1 Å². The molecular weight excluding hydrogens is 657 g/mol. The van der Waals surface area contributed by atoms with E-state index in [1.54, 1.807) is 0 Å². The molecule has 0 unspecified atom stereocenters. The molecule has 0 radical (unpaired) electrons. The van der Waals surface area contributed by atoms with Gasteiger partial charge in [0.1, 0.15) is 11.5 Å². The molecule has 9 aromatic rings. The lowest BCUT2D eigenvalue weighted by atomic mass is 9.65. The third-order valence-corrected chi connectivity index (χ3v) is 11.2. The van der Waals surface area contributed by atoms with Crippen LogP contribution < -0.4 is 4.74 Å². The summed E-state index contributed by atoms with van der Waals surface area (Å²) in [4.78, 5) is 10.0. The molecule has 54 heavy (non-hydrogen) atoms. The largest absolute Gasteiger partial charge is 0.456 e. The quantitative estimate of drug-likeness (QED) is 0.185. The summed E-state index contributed by atoms with van der Waals surface area (Å²) in [6.07, 6.45) is 0. The molecule has 3 nitrogen and oxygen atoms in total. The van der Waals surface area contributed by atoms with Crippen molar-refractivity contribution in [3.8, 4) is 67.5 Å². The van der Waals surface area contributed by atoms with Crippen LogP contribution in [0.1, 0.15) is 22.3 Å². The lowest BCUT2D eigenvalue weighted by Crippen LogP contribution is -2.32. The first-order valence-corrected chi connectivity index (χ1v) is 18.4. The maximum Gasteiger partial charge on any atom is 0.160 e. The summed E-state index contributed by atoms with van der Waals surface area (Å²) in [5.74, 6) is 2.50. The molecule has 1 spiro atoms. The van der Waals surface area contributed by atoms with Crippen molar-refractivity contribution in [2.75, 3.05) is 0 Å². The second-order valence-electron chi connectivity index (χ2n) is 14.0. The molecule has 2 heterocycles. The van der Waals surface area contributed by atoms with Crippen LogP contribution in [0.5, 0.6) is 11.5 Å². The minimum atomic E-state index is -0.511. The van der Waals surface area contributed by atoms with E-state index >= 15 is 0 Å². The molecule has 0 amide bonds. The average Bonchev–Trinajstić information content (AvgIpc) is 3.54. The zero-order valence-corrected chi connectivity index (χ0v) is 29.3. The fraction of sp³-hybridized carbons (Fsp3) is 0.0196. The topological polar surface area (TPSA) is 35.0 Å². The Morgan fingerprint density at radius 1 is 0.352 bits per heavy atom. The third-order valence-electron chi connectivity index (χ3n) is 11.2. The minimum Gasteiger partial charge on any atom is -0.456 e. The molecule has 0 fully saturated rings. The molecule has 0 atom stereocenters. The maximum absolute atomic E-state index is 7.02. The normalized spacial score (nSPS) is 13.1. The van der Waals surface area contributed by atoms with Gasteiger partial charge in [-0.3, -0.25) is 0 Å². The van der Waals surface area contributed by atoms with Gasteiger partial charge in [-0.1, -0.05) is 182 Å². The summed E-state index contributed by atoms with van der Waals surface area (Å²) in [5, 5.41) is 1.03. The number of fused-ring (bicyclic) bond motifs is 10. The number of hydrogen-bond acceptors (Lipinski definition) is 3. The van der Waals surface area contributed by atoms with E-state index in [-0.39, 0.29) is 0 Å². The Bertz CT molecular complexity index is 2870. The molecule has 0 N–H and O–H groups in total. The SMILES string of the molecule is c1ccc(-c2nc(-c3ccc(-c4ccccc4-c4cccc5c4Oc4ccccc4C54c5ccccc5-c5ccccc54)cc3)c3ccccc3n2)cc1. The number of benzene rings is 8. The first-order valence-electron chi connectivity index (χ1n) is 18.4. The van der Waals surface area contributed by atoms with E-state index in [1.165, 1.54) is 27.8 Å². The van der Waals surface area contributed by atoms with Gasteiger partial charge in [0.15, 0.2) is 5.82 Å². The number of hydrogen-bond donors (Lipinski definition) is 0. The zero-order chi connectivity index (χ0) is 35.6. The molecule has 3 heteroatoms. The molecule has 8 aromatic carbocycles. The van der Waals surface area contributed by atoms with Crippen molar-refractivity contribution in [1.29, 1.82) is 0 Å². The first-order chi connectivity index (χ1) is 26.8. The van der Waals surface area contributed by atoms with Crippen molar-refractivity contribution in [3.05, 3.63) is 216 Å². The van der Waals surface area contributed by atoms with Crippen LogP contribution in [0.3, 0.4) is 0 Å². The van der Waals surface area contributed by atoms with Gasteiger partial charge in [0.05, 0.1) is 16.6 Å². The van der Waals surface area contributed by atoms with Gasteiger partial charge in [0.25, 0.3) is 0 Å². The average molecular weight is 689 g/mol. The van der Waals surface area contributed by atoms with Crippen LogP contribution in [-0.2, 0) is 5.41 Å². The molecule has 0 bridgehead atoms. The van der Waals surface area contributed by atoms with Gasteiger partial charge >= 0.3 is 0 Å². The number of aromatic nitrogens is 2. The van der Waals surface area contributed by atoms with Crippen LogP contribution in [0.2, 0.25) is 0 Å². The highest BCUT2D eigenvalue weighted by Crippen LogP contribution is 2.63. The molecule has 1 aliphatic carbocycles. The fourth-order valence-electron chi connectivity index (χ4n) is 8.88. The van der Waals surface area contributed by atoms with Gasteiger partial charge in [0.2, 0.25) is 0 Å².